The number of ketones is 2. The third-order valence-electron chi connectivity index (χ3n) is 9.31. The summed E-state index contributed by atoms with van der Waals surface area (Å²) in [5, 5.41) is 48.3. The van der Waals surface area contributed by atoms with Crippen LogP contribution in [0.1, 0.15) is 36.0 Å². The number of carbonyl (C=O) groups is 4. The van der Waals surface area contributed by atoms with E-state index >= 15 is 0 Å². The number of aliphatic hydroxyl groups excluding tert-OH is 2. The van der Waals surface area contributed by atoms with E-state index in [0.29, 0.717) is 24.1 Å². The second kappa shape index (κ2) is 9.51. The number of rotatable bonds is 6. The highest BCUT2D eigenvalue weighted by atomic mass is 16.3. The Morgan fingerprint density at radius 1 is 1.15 bits per heavy atom. The fourth-order valence-corrected chi connectivity index (χ4v) is 6.95. The third-order valence-corrected chi connectivity index (χ3v) is 9.31. The minimum absolute atomic E-state index is 0.0300. The Labute approximate surface area is 236 Å². The summed E-state index contributed by atoms with van der Waals surface area (Å²) >= 11 is 0. The van der Waals surface area contributed by atoms with E-state index in [1.165, 1.54) is 0 Å². The van der Waals surface area contributed by atoms with Crippen molar-refractivity contribution in [1.29, 1.82) is 0 Å². The molecule has 13 heteroatoms. The summed E-state index contributed by atoms with van der Waals surface area (Å²) in [6, 6.07) is 0.729. The number of likely N-dealkylation sites (N-methyl/N-ethyl adjacent to an activating group) is 1. The SMILES string of the molecule is CN(C)c1cc(CNC(=O)C2(N)CC2)c(O)c2c1C[C@@H]1C[C@@H]3[C@@H](N(C)C)C(O)C(C(N)=O)C(=O)[C@]3(O)C(=O)C1=C2O. The predicted octanol–water partition coefficient (Wildman–Crippen LogP) is -1.70. The summed E-state index contributed by atoms with van der Waals surface area (Å²) in [6.45, 7) is -0.0923. The molecule has 0 spiro atoms. The molecule has 6 atom stereocenters. The van der Waals surface area contributed by atoms with Crippen LogP contribution >= 0.6 is 0 Å². The maximum atomic E-state index is 14.0. The van der Waals surface area contributed by atoms with Gasteiger partial charge in [0.15, 0.2) is 11.4 Å². The van der Waals surface area contributed by atoms with E-state index in [1.54, 1.807) is 44.1 Å². The van der Waals surface area contributed by atoms with Crippen molar-refractivity contribution in [3.8, 4) is 5.75 Å². The number of carbonyl (C=O) groups excluding carboxylic acids is 4. The molecule has 4 aliphatic rings. The fourth-order valence-electron chi connectivity index (χ4n) is 6.95. The van der Waals surface area contributed by atoms with Gasteiger partial charge in [0.05, 0.1) is 17.2 Å². The quantitative estimate of drug-likeness (QED) is 0.191. The molecule has 0 aromatic heterocycles. The van der Waals surface area contributed by atoms with E-state index in [1.807, 2.05) is 0 Å². The van der Waals surface area contributed by atoms with Crippen LogP contribution in [0.5, 0.6) is 5.75 Å². The standard InChI is InChI=1S/C28H37N5O8/c1-32(2)15-9-12(10-31-26(40)27(30)5-6-27)20(34)17-13(15)7-11-8-14-19(33(3)4)22(36)18(25(29)39)24(38)28(14,41)23(37)16(11)21(17)35/h9,11,14,18-19,22,34-36,41H,5-8,10,30H2,1-4H3,(H2,29,39)(H,31,40)/t11-,14-,18?,19-,22?,28-/m1/s1. The molecule has 0 radical (unpaired) electrons. The number of aliphatic hydroxyl groups is 3. The van der Waals surface area contributed by atoms with Gasteiger partial charge in [0.2, 0.25) is 17.6 Å². The first-order valence-corrected chi connectivity index (χ1v) is 13.6. The smallest absolute Gasteiger partial charge is 0.240 e. The normalized spacial score (nSPS) is 31.8. The molecule has 2 unspecified atom stereocenters. The lowest BCUT2D eigenvalue weighted by atomic mass is 9.54. The Kier molecular flexibility index (Phi) is 6.73. The summed E-state index contributed by atoms with van der Waals surface area (Å²) in [4.78, 5) is 55.5. The molecule has 0 bridgehead atoms. The minimum Gasteiger partial charge on any atom is -0.507 e. The summed E-state index contributed by atoms with van der Waals surface area (Å²) in [7, 11) is 6.75. The number of benzene rings is 1. The molecule has 2 amide bonds. The Bertz CT molecular complexity index is 1400. The number of phenols is 1. The first-order chi connectivity index (χ1) is 19.1. The van der Waals surface area contributed by atoms with E-state index in [-0.39, 0.29) is 47.7 Å². The number of nitrogens with zero attached hydrogens (tertiary/aromatic N) is 2. The molecular weight excluding hydrogens is 534 g/mol. The molecule has 9 N–H and O–H groups in total. The molecule has 0 heterocycles. The first-order valence-electron chi connectivity index (χ1n) is 13.6. The van der Waals surface area contributed by atoms with Crippen LogP contribution < -0.4 is 21.7 Å². The van der Waals surface area contributed by atoms with Crippen LogP contribution in [0.2, 0.25) is 0 Å². The molecule has 0 saturated heterocycles. The average molecular weight is 572 g/mol. The number of Topliss-reactive ketones (excluding diaryl/α,β-unsaturated/α-hetero) is 2. The highest BCUT2D eigenvalue weighted by Gasteiger charge is 2.67. The van der Waals surface area contributed by atoms with Crippen LogP contribution in [0.25, 0.3) is 5.76 Å². The van der Waals surface area contributed by atoms with Crippen molar-refractivity contribution >= 4 is 34.8 Å². The summed E-state index contributed by atoms with van der Waals surface area (Å²) in [6.07, 6.45) is -0.234. The number of fused-ring (bicyclic) bond motifs is 3. The molecule has 222 valence electrons. The zero-order valence-electron chi connectivity index (χ0n) is 23.5. The monoisotopic (exact) mass is 571 g/mol. The zero-order chi connectivity index (χ0) is 30.3. The first kappa shape index (κ1) is 29.0. The van der Waals surface area contributed by atoms with Crippen molar-refractivity contribution in [2.45, 2.75) is 55.5 Å². The Hall–Kier alpha value is -3.52. The molecule has 13 nitrogen and oxygen atoms in total. The number of amides is 2. The maximum Gasteiger partial charge on any atom is 0.240 e. The number of nitrogens with one attached hydrogen (secondary N) is 1. The molecular formula is C28H37N5O8. The second-order valence-electron chi connectivity index (χ2n) is 12.3. The van der Waals surface area contributed by atoms with Gasteiger partial charge >= 0.3 is 0 Å². The van der Waals surface area contributed by atoms with Crippen molar-refractivity contribution in [3.05, 3.63) is 28.3 Å². The topological polar surface area (TPSA) is 220 Å². The number of aromatic hydroxyl groups is 1. The summed E-state index contributed by atoms with van der Waals surface area (Å²) in [5.41, 5.74) is 8.92. The average Bonchev–Trinajstić information content (AvgIpc) is 3.63. The van der Waals surface area contributed by atoms with Gasteiger partial charge in [-0.3, -0.25) is 19.2 Å². The minimum atomic E-state index is -2.73. The van der Waals surface area contributed by atoms with Crippen molar-refractivity contribution in [2.24, 2.45) is 29.2 Å². The van der Waals surface area contributed by atoms with Gasteiger partial charge in [0, 0.05) is 49.4 Å². The third kappa shape index (κ3) is 4.13. The largest absolute Gasteiger partial charge is 0.507 e. The van der Waals surface area contributed by atoms with E-state index < -0.39 is 64.3 Å². The van der Waals surface area contributed by atoms with E-state index in [0.717, 1.165) is 0 Å². The van der Waals surface area contributed by atoms with Gasteiger partial charge < -0.3 is 47.0 Å². The van der Waals surface area contributed by atoms with E-state index in [9.17, 15) is 39.6 Å². The molecule has 3 saturated carbocycles. The lowest BCUT2D eigenvalue weighted by Crippen LogP contribution is -2.73. The number of primary amides is 1. The van der Waals surface area contributed by atoms with E-state index in [2.05, 4.69) is 5.32 Å². The maximum absolute atomic E-state index is 14.0. The molecule has 0 aliphatic heterocycles. The van der Waals surface area contributed by atoms with Crippen molar-refractivity contribution < 1.29 is 39.6 Å². The van der Waals surface area contributed by atoms with Crippen LogP contribution in [0.15, 0.2) is 11.6 Å². The van der Waals surface area contributed by atoms with Crippen LogP contribution in [0, 0.1) is 17.8 Å². The van der Waals surface area contributed by atoms with Crippen molar-refractivity contribution in [1.82, 2.24) is 10.2 Å². The number of nitrogens with two attached hydrogens (primary N) is 2. The number of hydrogen-bond acceptors (Lipinski definition) is 11. The van der Waals surface area contributed by atoms with Crippen molar-refractivity contribution in [3.63, 3.8) is 0 Å². The molecule has 4 aliphatic carbocycles. The number of anilines is 1. The molecule has 1 aromatic rings. The molecule has 41 heavy (non-hydrogen) atoms. The van der Waals surface area contributed by atoms with Crippen LogP contribution in [0.4, 0.5) is 5.69 Å². The van der Waals surface area contributed by atoms with E-state index in [4.69, 9.17) is 11.5 Å². The van der Waals surface area contributed by atoms with Gasteiger partial charge in [0.25, 0.3) is 0 Å². The number of phenolic OH excluding ortho intramolecular Hbond substituents is 1. The summed E-state index contributed by atoms with van der Waals surface area (Å²) < 4.78 is 0. The molecule has 5 rings (SSSR count). The Morgan fingerprint density at radius 2 is 1.78 bits per heavy atom. The highest BCUT2D eigenvalue weighted by Crippen LogP contribution is 2.53. The Balaban J connectivity index is 1.63. The van der Waals surface area contributed by atoms with Crippen LogP contribution in [-0.4, -0.2) is 100 Å². The molecule has 3 fully saturated rings. The van der Waals surface area contributed by atoms with Gasteiger partial charge in [-0.25, -0.2) is 0 Å². The molecule has 1 aromatic carbocycles. The highest BCUT2D eigenvalue weighted by molar-refractivity contribution is 6.25. The zero-order valence-corrected chi connectivity index (χ0v) is 23.5. The lowest BCUT2D eigenvalue weighted by molar-refractivity contribution is -0.184. The van der Waals surface area contributed by atoms with Crippen molar-refractivity contribution in [2.75, 3.05) is 33.1 Å². The second-order valence-corrected chi connectivity index (χ2v) is 12.3. The number of hydrogen-bond donors (Lipinski definition) is 7. The van der Waals surface area contributed by atoms with Gasteiger partial charge in [0.1, 0.15) is 17.4 Å². The van der Waals surface area contributed by atoms with Gasteiger partial charge in [-0.2, -0.15) is 0 Å². The van der Waals surface area contributed by atoms with Gasteiger partial charge in [-0.05, 0) is 57.3 Å². The summed E-state index contributed by atoms with van der Waals surface area (Å²) in [5.74, 6) is -8.36. The fraction of sp³-hybridized carbons (Fsp3) is 0.571. The Morgan fingerprint density at radius 3 is 2.32 bits per heavy atom. The predicted molar refractivity (Wildman–Crippen MR) is 146 cm³/mol. The lowest BCUT2D eigenvalue weighted by Gasteiger charge is -2.53. The van der Waals surface area contributed by atoms with Crippen LogP contribution in [-0.2, 0) is 32.1 Å². The van der Waals surface area contributed by atoms with Gasteiger partial charge in [-0.1, -0.05) is 0 Å². The van der Waals surface area contributed by atoms with Crippen LogP contribution in [0.3, 0.4) is 0 Å². The van der Waals surface area contributed by atoms with Gasteiger partial charge in [-0.15, -0.1) is 0 Å².